The molecule has 5 nitrogen and oxygen atoms in total. The zero-order valence-corrected chi connectivity index (χ0v) is 16.8. The predicted octanol–water partition coefficient (Wildman–Crippen LogP) is 3.96. The molecule has 0 saturated heterocycles. The topological polar surface area (TPSA) is 83.5 Å². The smallest absolute Gasteiger partial charge is 0.326 e. The molecule has 0 spiro atoms. The van der Waals surface area contributed by atoms with Crippen LogP contribution in [0.25, 0.3) is 0 Å². The highest BCUT2D eigenvalue weighted by Crippen LogP contribution is 2.29. The maximum atomic E-state index is 12.9. The first-order valence-corrected chi connectivity index (χ1v) is 10.2. The van der Waals surface area contributed by atoms with Crippen molar-refractivity contribution in [3.8, 4) is 0 Å². The van der Waals surface area contributed by atoms with Gasteiger partial charge in [0, 0.05) is 11.3 Å². The molecule has 1 amide bonds. The Bertz CT molecular complexity index is 795. The van der Waals surface area contributed by atoms with E-state index in [0.29, 0.717) is 12.0 Å². The third-order valence-electron chi connectivity index (χ3n) is 4.69. The molecule has 0 aliphatic carbocycles. The zero-order chi connectivity index (χ0) is 20.5. The zero-order valence-electron chi connectivity index (χ0n) is 16.0. The van der Waals surface area contributed by atoms with Crippen molar-refractivity contribution in [2.75, 3.05) is 5.75 Å². The number of amides is 1. The Morgan fingerprint density at radius 2 is 1.57 bits per heavy atom. The lowest BCUT2D eigenvalue weighted by Crippen LogP contribution is -2.45. The first-order valence-electron chi connectivity index (χ1n) is 9.24. The van der Waals surface area contributed by atoms with Crippen LogP contribution >= 0.6 is 11.8 Å². The van der Waals surface area contributed by atoms with E-state index in [1.165, 1.54) is 0 Å². The summed E-state index contributed by atoms with van der Waals surface area (Å²) in [4.78, 5) is 36.6. The van der Waals surface area contributed by atoms with E-state index in [0.717, 1.165) is 17.3 Å². The van der Waals surface area contributed by atoms with Gasteiger partial charge in [-0.25, -0.2) is 4.79 Å². The van der Waals surface area contributed by atoms with Gasteiger partial charge in [0.25, 0.3) is 0 Å². The maximum absolute atomic E-state index is 12.9. The molecule has 6 heteroatoms. The molecule has 0 fully saturated rings. The van der Waals surface area contributed by atoms with Crippen LogP contribution in [0, 0.1) is 5.92 Å². The van der Waals surface area contributed by atoms with Gasteiger partial charge in [-0.3, -0.25) is 9.59 Å². The summed E-state index contributed by atoms with van der Waals surface area (Å²) in [7, 11) is 0. The SMILES string of the molecule is CC[C@H](NC(=O)C(CSC(=O)c1ccccc1)C(C)c1ccccc1)C(=O)O. The molecule has 0 bridgehead atoms. The number of rotatable bonds is 9. The third kappa shape index (κ3) is 5.96. The monoisotopic (exact) mass is 399 g/mol. The van der Waals surface area contributed by atoms with Crippen LogP contribution in [0.5, 0.6) is 0 Å². The molecular weight excluding hydrogens is 374 g/mol. The number of nitrogens with one attached hydrogen (secondary N) is 1. The normalized spacial score (nSPS) is 13.9. The second-order valence-electron chi connectivity index (χ2n) is 6.58. The largest absolute Gasteiger partial charge is 0.480 e. The Hall–Kier alpha value is -2.60. The third-order valence-corrected chi connectivity index (χ3v) is 5.72. The number of carbonyl (C=O) groups is 3. The van der Waals surface area contributed by atoms with Crippen molar-refractivity contribution >= 4 is 28.8 Å². The van der Waals surface area contributed by atoms with E-state index < -0.39 is 17.9 Å². The summed E-state index contributed by atoms with van der Waals surface area (Å²) >= 11 is 1.08. The highest BCUT2D eigenvalue weighted by molar-refractivity contribution is 8.14. The standard InChI is InChI=1S/C22H25NO4S/c1-3-19(21(25)26)23-20(24)18(15(2)16-10-6-4-7-11-16)14-28-22(27)17-12-8-5-9-13-17/h4-13,15,18-19H,3,14H2,1-2H3,(H,23,24)(H,25,26)/t15?,18?,19-/m0/s1. The van der Waals surface area contributed by atoms with E-state index >= 15 is 0 Å². The first-order chi connectivity index (χ1) is 13.4. The average Bonchev–Trinajstić information content (AvgIpc) is 2.72. The molecule has 2 aromatic carbocycles. The summed E-state index contributed by atoms with van der Waals surface area (Å²) in [6, 6.07) is 17.5. The van der Waals surface area contributed by atoms with Crippen LogP contribution < -0.4 is 5.32 Å². The van der Waals surface area contributed by atoms with Crippen molar-refractivity contribution in [2.45, 2.75) is 32.2 Å². The minimum atomic E-state index is -1.06. The Labute approximate surface area is 169 Å². The number of carboxylic acid groups (broad SMARTS) is 1. The van der Waals surface area contributed by atoms with Gasteiger partial charge in [-0.1, -0.05) is 86.3 Å². The van der Waals surface area contributed by atoms with E-state index in [4.69, 9.17) is 0 Å². The Balaban J connectivity index is 2.16. The number of thioether (sulfide) groups is 1. The van der Waals surface area contributed by atoms with Crippen molar-refractivity contribution in [2.24, 2.45) is 5.92 Å². The van der Waals surface area contributed by atoms with Crippen LogP contribution in [0.3, 0.4) is 0 Å². The van der Waals surface area contributed by atoms with Gasteiger partial charge in [0.15, 0.2) is 0 Å². The average molecular weight is 400 g/mol. The molecule has 28 heavy (non-hydrogen) atoms. The van der Waals surface area contributed by atoms with Gasteiger partial charge in [0.1, 0.15) is 6.04 Å². The number of carboxylic acids is 1. The molecule has 0 saturated carbocycles. The highest BCUT2D eigenvalue weighted by atomic mass is 32.2. The fourth-order valence-electron chi connectivity index (χ4n) is 2.88. The summed E-state index contributed by atoms with van der Waals surface area (Å²) in [6.45, 7) is 3.64. The van der Waals surface area contributed by atoms with E-state index in [9.17, 15) is 19.5 Å². The molecule has 0 radical (unpaired) electrons. The van der Waals surface area contributed by atoms with Gasteiger partial charge in [-0.15, -0.1) is 0 Å². The molecule has 0 aliphatic rings. The molecule has 0 aromatic heterocycles. The quantitative estimate of drug-likeness (QED) is 0.667. The fraction of sp³-hybridized carbons (Fsp3) is 0.318. The van der Waals surface area contributed by atoms with Crippen LogP contribution in [-0.4, -0.2) is 33.9 Å². The maximum Gasteiger partial charge on any atom is 0.326 e. The van der Waals surface area contributed by atoms with Crippen LogP contribution in [0.2, 0.25) is 0 Å². The van der Waals surface area contributed by atoms with Crippen molar-refractivity contribution in [3.63, 3.8) is 0 Å². The molecule has 2 rings (SSSR count). The van der Waals surface area contributed by atoms with Gasteiger partial charge < -0.3 is 10.4 Å². The van der Waals surface area contributed by atoms with E-state index in [2.05, 4.69) is 5.32 Å². The summed E-state index contributed by atoms with van der Waals surface area (Å²) in [5.74, 6) is -1.84. The molecule has 148 valence electrons. The number of aliphatic carboxylic acids is 1. The molecule has 2 N–H and O–H groups in total. The van der Waals surface area contributed by atoms with E-state index in [-0.39, 0.29) is 22.7 Å². The van der Waals surface area contributed by atoms with Crippen molar-refractivity contribution in [3.05, 3.63) is 71.8 Å². The second-order valence-corrected chi connectivity index (χ2v) is 7.57. The minimum absolute atomic E-state index is 0.107. The van der Waals surface area contributed by atoms with E-state index in [1.54, 1.807) is 31.2 Å². The fourth-order valence-corrected chi connectivity index (χ4v) is 3.95. The Morgan fingerprint density at radius 1 is 1.00 bits per heavy atom. The summed E-state index contributed by atoms with van der Waals surface area (Å²) in [6.07, 6.45) is 0.295. The minimum Gasteiger partial charge on any atom is -0.480 e. The predicted molar refractivity (Wildman–Crippen MR) is 111 cm³/mol. The number of hydrogen-bond donors (Lipinski definition) is 2. The van der Waals surface area contributed by atoms with Gasteiger partial charge in [0.05, 0.1) is 5.92 Å². The first kappa shape index (κ1) is 21.7. The lowest BCUT2D eigenvalue weighted by Gasteiger charge is -2.25. The second kappa shape index (κ2) is 10.7. The van der Waals surface area contributed by atoms with Crippen LogP contribution in [0.4, 0.5) is 0 Å². The van der Waals surface area contributed by atoms with Gasteiger partial charge in [-0.05, 0) is 17.9 Å². The molecule has 0 aliphatic heterocycles. The summed E-state index contributed by atoms with van der Waals surface area (Å²) < 4.78 is 0. The van der Waals surface area contributed by atoms with E-state index in [1.807, 2.05) is 43.3 Å². The van der Waals surface area contributed by atoms with Gasteiger partial charge in [0.2, 0.25) is 11.0 Å². The lowest BCUT2D eigenvalue weighted by atomic mass is 9.88. The van der Waals surface area contributed by atoms with Crippen molar-refractivity contribution in [1.82, 2.24) is 5.32 Å². The Kier molecular flexibility index (Phi) is 8.26. The molecule has 2 aromatic rings. The van der Waals surface area contributed by atoms with Crippen molar-refractivity contribution in [1.29, 1.82) is 0 Å². The van der Waals surface area contributed by atoms with Gasteiger partial charge in [-0.2, -0.15) is 0 Å². The van der Waals surface area contributed by atoms with Gasteiger partial charge >= 0.3 is 5.97 Å². The molecule has 2 unspecified atom stereocenters. The van der Waals surface area contributed by atoms with Crippen molar-refractivity contribution < 1.29 is 19.5 Å². The summed E-state index contributed by atoms with van der Waals surface area (Å²) in [5.41, 5.74) is 1.55. The molecule has 0 heterocycles. The summed E-state index contributed by atoms with van der Waals surface area (Å²) in [5, 5.41) is 11.8. The molecular formula is C22H25NO4S. The Morgan fingerprint density at radius 3 is 2.11 bits per heavy atom. The number of carbonyl (C=O) groups excluding carboxylic acids is 2. The highest BCUT2D eigenvalue weighted by Gasteiger charge is 2.30. The van der Waals surface area contributed by atoms with Crippen LogP contribution in [0.1, 0.15) is 42.1 Å². The lowest BCUT2D eigenvalue weighted by molar-refractivity contribution is -0.142. The number of benzene rings is 2. The number of hydrogen-bond acceptors (Lipinski definition) is 4. The van der Waals surface area contributed by atoms with Crippen LogP contribution in [-0.2, 0) is 9.59 Å². The molecule has 3 atom stereocenters. The van der Waals surface area contributed by atoms with Crippen LogP contribution in [0.15, 0.2) is 60.7 Å².